The fourth-order valence-corrected chi connectivity index (χ4v) is 1.88. The lowest BCUT2D eigenvalue weighted by molar-refractivity contribution is 0.467. The molecule has 6 nitrogen and oxygen atoms in total. The summed E-state index contributed by atoms with van der Waals surface area (Å²) in [6.45, 7) is 1.90. The number of para-hydroxylation sites is 1. The van der Waals surface area contributed by atoms with Crippen molar-refractivity contribution in [1.29, 1.82) is 0 Å². The van der Waals surface area contributed by atoms with E-state index in [1.807, 2.05) is 31.2 Å². The molecule has 0 saturated carbocycles. The fourth-order valence-electron chi connectivity index (χ4n) is 1.88. The zero-order chi connectivity index (χ0) is 14.1. The predicted molar refractivity (Wildman–Crippen MR) is 75.8 cm³/mol. The van der Waals surface area contributed by atoms with Gasteiger partial charge < -0.3 is 15.5 Å². The predicted octanol–water partition coefficient (Wildman–Crippen LogP) is 2.00. The van der Waals surface area contributed by atoms with Gasteiger partial charge in [0.1, 0.15) is 5.52 Å². The lowest BCUT2D eigenvalue weighted by Gasteiger charge is -2.09. The van der Waals surface area contributed by atoms with Crippen LogP contribution >= 0.6 is 0 Å². The van der Waals surface area contributed by atoms with Gasteiger partial charge in [-0.15, -0.1) is 0 Å². The number of nitrogen functional groups attached to an aromatic ring is 1. The molecular formula is C14H12N4O2. The number of benzene rings is 1. The molecule has 0 aliphatic rings. The summed E-state index contributed by atoms with van der Waals surface area (Å²) in [5.74, 6) is 0.584. The standard InChI is InChI=1S/C14H12N4O2/c1-8-5-6-9-3-2-4-10(12(9)18-8)20-14-11(15)13(19)16-7-17-14/h2-7H,15H2,1H3,(H,16,17,19). The van der Waals surface area contributed by atoms with Gasteiger partial charge in [0.2, 0.25) is 5.88 Å². The number of nitrogens with zero attached hydrogens (tertiary/aromatic N) is 2. The monoisotopic (exact) mass is 268 g/mol. The van der Waals surface area contributed by atoms with Crippen LogP contribution in [0.2, 0.25) is 0 Å². The number of hydrogen-bond acceptors (Lipinski definition) is 5. The smallest absolute Gasteiger partial charge is 0.277 e. The molecule has 3 rings (SSSR count). The molecule has 20 heavy (non-hydrogen) atoms. The highest BCUT2D eigenvalue weighted by Crippen LogP contribution is 2.29. The van der Waals surface area contributed by atoms with Gasteiger partial charge in [-0.05, 0) is 19.1 Å². The second-order valence-corrected chi connectivity index (χ2v) is 4.33. The van der Waals surface area contributed by atoms with E-state index in [0.717, 1.165) is 11.1 Å². The summed E-state index contributed by atoms with van der Waals surface area (Å²) in [5, 5.41) is 0.941. The molecule has 0 saturated heterocycles. The van der Waals surface area contributed by atoms with Crippen molar-refractivity contribution in [3.05, 3.63) is 52.7 Å². The van der Waals surface area contributed by atoms with Crippen LogP contribution in [0.1, 0.15) is 5.69 Å². The molecule has 0 atom stereocenters. The Morgan fingerprint density at radius 2 is 2.10 bits per heavy atom. The minimum absolute atomic E-state index is 0.0582. The number of ether oxygens (including phenoxy) is 1. The molecule has 0 unspecified atom stereocenters. The molecule has 0 amide bonds. The van der Waals surface area contributed by atoms with E-state index >= 15 is 0 Å². The second-order valence-electron chi connectivity index (χ2n) is 4.33. The summed E-state index contributed by atoms with van der Waals surface area (Å²) >= 11 is 0. The summed E-state index contributed by atoms with van der Waals surface area (Å²) in [6, 6.07) is 9.42. The maximum absolute atomic E-state index is 11.4. The molecule has 3 aromatic rings. The first-order valence-electron chi connectivity index (χ1n) is 6.02. The Morgan fingerprint density at radius 1 is 1.25 bits per heavy atom. The average molecular weight is 268 g/mol. The van der Waals surface area contributed by atoms with Crippen LogP contribution < -0.4 is 16.0 Å². The number of aryl methyl sites for hydroxylation is 1. The number of anilines is 1. The number of aromatic amines is 1. The van der Waals surface area contributed by atoms with Crippen LogP contribution in [-0.2, 0) is 0 Å². The number of pyridine rings is 1. The highest BCUT2D eigenvalue weighted by molar-refractivity contribution is 5.84. The van der Waals surface area contributed by atoms with Crippen molar-refractivity contribution in [1.82, 2.24) is 15.0 Å². The van der Waals surface area contributed by atoms with Crippen molar-refractivity contribution in [2.75, 3.05) is 5.73 Å². The minimum atomic E-state index is -0.431. The van der Waals surface area contributed by atoms with Crippen LogP contribution in [0.15, 0.2) is 41.5 Å². The van der Waals surface area contributed by atoms with Gasteiger partial charge >= 0.3 is 0 Å². The molecule has 2 aromatic heterocycles. The maximum Gasteiger partial charge on any atom is 0.277 e. The van der Waals surface area contributed by atoms with Gasteiger partial charge in [0.05, 0.1) is 6.33 Å². The third-order valence-corrected chi connectivity index (χ3v) is 2.88. The van der Waals surface area contributed by atoms with E-state index in [1.165, 1.54) is 6.33 Å². The number of aromatic nitrogens is 3. The van der Waals surface area contributed by atoms with Crippen molar-refractivity contribution >= 4 is 16.6 Å². The van der Waals surface area contributed by atoms with Crippen LogP contribution in [0.5, 0.6) is 11.6 Å². The van der Waals surface area contributed by atoms with Crippen LogP contribution in [0, 0.1) is 6.92 Å². The van der Waals surface area contributed by atoms with Gasteiger partial charge in [-0.1, -0.05) is 18.2 Å². The molecule has 2 heterocycles. The molecule has 100 valence electrons. The molecule has 6 heteroatoms. The number of H-pyrrole nitrogens is 1. The van der Waals surface area contributed by atoms with Crippen LogP contribution in [-0.4, -0.2) is 15.0 Å². The van der Waals surface area contributed by atoms with Crippen LogP contribution in [0.4, 0.5) is 5.69 Å². The quantitative estimate of drug-likeness (QED) is 0.741. The normalized spacial score (nSPS) is 10.7. The number of fused-ring (bicyclic) bond motifs is 1. The van der Waals surface area contributed by atoms with E-state index in [2.05, 4.69) is 15.0 Å². The van der Waals surface area contributed by atoms with Crippen LogP contribution in [0.25, 0.3) is 10.9 Å². The van der Waals surface area contributed by atoms with E-state index in [4.69, 9.17) is 10.5 Å². The Labute approximate surface area is 114 Å². The van der Waals surface area contributed by atoms with Gasteiger partial charge in [0, 0.05) is 11.1 Å². The van der Waals surface area contributed by atoms with Gasteiger partial charge in [-0.2, -0.15) is 0 Å². The van der Waals surface area contributed by atoms with E-state index in [-0.39, 0.29) is 11.6 Å². The lowest BCUT2D eigenvalue weighted by atomic mass is 10.2. The molecule has 0 fully saturated rings. The summed E-state index contributed by atoms with van der Waals surface area (Å²) in [4.78, 5) is 22.2. The summed E-state index contributed by atoms with van der Waals surface area (Å²) in [5.41, 5.74) is 6.74. The van der Waals surface area contributed by atoms with E-state index in [9.17, 15) is 4.79 Å². The highest BCUT2D eigenvalue weighted by atomic mass is 16.5. The number of nitrogens with one attached hydrogen (secondary N) is 1. The van der Waals surface area contributed by atoms with Gasteiger partial charge in [-0.3, -0.25) is 4.79 Å². The molecular weight excluding hydrogens is 256 g/mol. The lowest BCUT2D eigenvalue weighted by Crippen LogP contribution is -2.13. The zero-order valence-corrected chi connectivity index (χ0v) is 10.8. The summed E-state index contributed by atoms with van der Waals surface area (Å²) < 4.78 is 5.64. The highest BCUT2D eigenvalue weighted by Gasteiger charge is 2.10. The van der Waals surface area contributed by atoms with E-state index in [1.54, 1.807) is 6.07 Å². The second kappa shape index (κ2) is 4.65. The average Bonchev–Trinajstić information content (AvgIpc) is 2.44. The summed E-state index contributed by atoms with van der Waals surface area (Å²) in [7, 11) is 0. The topological polar surface area (TPSA) is 93.9 Å². The first kappa shape index (κ1) is 12.2. The molecule has 3 N–H and O–H groups in total. The Kier molecular flexibility index (Phi) is 2.83. The van der Waals surface area contributed by atoms with Crippen molar-refractivity contribution in [3.8, 4) is 11.6 Å². The molecule has 0 spiro atoms. The summed E-state index contributed by atoms with van der Waals surface area (Å²) in [6.07, 6.45) is 1.25. The molecule has 0 radical (unpaired) electrons. The van der Waals surface area contributed by atoms with E-state index in [0.29, 0.717) is 11.3 Å². The first-order chi connectivity index (χ1) is 9.65. The Balaban J connectivity index is 2.13. The third kappa shape index (κ3) is 2.07. The molecule has 0 aliphatic heterocycles. The van der Waals surface area contributed by atoms with Gasteiger partial charge in [0.25, 0.3) is 5.56 Å². The minimum Gasteiger partial charge on any atom is -0.435 e. The van der Waals surface area contributed by atoms with Gasteiger partial charge in [-0.25, -0.2) is 9.97 Å². The Bertz CT molecular complexity index is 842. The van der Waals surface area contributed by atoms with Crippen molar-refractivity contribution in [2.24, 2.45) is 0 Å². The Hall–Kier alpha value is -2.89. The van der Waals surface area contributed by atoms with Crippen LogP contribution in [0.3, 0.4) is 0 Å². The number of hydrogen-bond donors (Lipinski definition) is 2. The Morgan fingerprint density at radius 3 is 2.95 bits per heavy atom. The number of nitrogens with two attached hydrogens (primary N) is 1. The largest absolute Gasteiger partial charge is 0.435 e. The van der Waals surface area contributed by atoms with Crippen molar-refractivity contribution < 1.29 is 4.74 Å². The molecule has 0 aliphatic carbocycles. The fraction of sp³-hybridized carbons (Fsp3) is 0.0714. The van der Waals surface area contributed by atoms with Crippen molar-refractivity contribution in [3.63, 3.8) is 0 Å². The van der Waals surface area contributed by atoms with Gasteiger partial charge in [0.15, 0.2) is 11.4 Å². The SMILES string of the molecule is Cc1ccc2cccc(Oc3nc[nH]c(=O)c3N)c2n1. The molecule has 1 aromatic carbocycles. The van der Waals surface area contributed by atoms with Crippen molar-refractivity contribution in [2.45, 2.75) is 6.92 Å². The first-order valence-corrected chi connectivity index (χ1v) is 6.02. The zero-order valence-electron chi connectivity index (χ0n) is 10.8. The maximum atomic E-state index is 11.4. The third-order valence-electron chi connectivity index (χ3n) is 2.88. The molecule has 0 bridgehead atoms. The van der Waals surface area contributed by atoms with E-state index < -0.39 is 5.56 Å². The number of rotatable bonds is 2.